The van der Waals surface area contributed by atoms with Crippen LogP contribution in [0.2, 0.25) is 0 Å². The molecule has 0 spiro atoms. The highest BCUT2D eigenvalue weighted by molar-refractivity contribution is 7.11. The molecule has 1 heterocycles. The van der Waals surface area contributed by atoms with Crippen LogP contribution in [0, 0.1) is 0 Å². The fourth-order valence-corrected chi connectivity index (χ4v) is 2.58. The van der Waals surface area contributed by atoms with Crippen LogP contribution in [-0.4, -0.2) is 18.7 Å². The fraction of sp³-hybridized carbons (Fsp3) is 0.400. The highest BCUT2D eigenvalue weighted by Gasteiger charge is 2.17. The molecular formula is C15H20N2O2S. The van der Waals surface area contributed by atoms with Crippen LogP contribution < -0.4 is 15.2 Å². The van der Waals surface area contributed by atoms with E-state index in [4.69, 9.17) is 15.2 Å². The predicted molar refractivity (Wildman–Crippen MR) is 81.5 cm³/mol. The minimum absolute atomic E-state index is 0.330. The number of rotatable bonds is 6. The highest BCUT2D eigenvalue weighted by Crippen LogP contribution is 2.24. The molecule has 1 aromatic carbocycles. The standard InChI is InChI=1S/C15H20N2O2S/c1-15(2,16)13-10-17-14(20-13)7-8-19-12-6-4-5-11(9-12)18-3/h4-6,9-10H,7-8,16H2,1-3H3. The topological polar surface area (TPSA) is 57.4 Å². The van der Waals surface area contributed by atoms with Gasteiger partial charge in [0, 0.05) is 29.1 Å². The quantitative estimate of drug-likeness (QED) is 0.889. The average Bonchev–Trinajstić information content (AvgIpc) is 2.88. The molecule has 4 nitrogen and oxygen atoms in total. The van der Waals surface area contributed by atoms with Gasteiger partial charge >= 0.3 is 0 Å². The van der Waals surface area contributed by atoms with Crippen LogP contribution >= 0.6 is 11.3 Å². The van der Waals surface area contributed by atoms with Crippen molar-refractivity contribution < 1.29 is 9.47 Å². The number of hydrogen-bond acceptors (Lipinski definition) is 5. The van der Waals surface area contributed by atoms with E-state index in [2.05, 4.69) is 4.98 Å². The number of ether oxygens (including phenoxy) is 2. The number of nitrogens with zero attached hydrogens (tertiary/aromatic N) is 1. The Balaban J connectivity index is 1.88. The van der Waals surface area contributed by atoms with E-state index < -0.39 is 0 Å². The lowest BCUT2D eigenvalue weighted by atomic mass is 10.1. The molecule has 0 aliphatic rings. The van der Waals surface area contributed by atoms with Gasteiger partial charge in [-0.2, -0.15) is 0 Å². The van der Waals surface area contributed by atoms with E-state index in [0.29, 0.717) is 6.61 Å². The Morgan fingerprint density at radius 1 is 1.30 bits per heavy atom. The van der Waals surface area contributed by atoms with Gasteiger partial charge in [-0.3, -0.25) is 0 Å². The molecule has 20 heavy (non-hydrogen) atoms. The molecule has 0 unspecified atom stereocenters. The number of methoxy groups -OCH3 is 1. The van der Waals surface area contributed by atoms with Crippen molar-refractivity contribution in [1.82, 2.24) is 4.98 Å². The zero-order valence-electron chi connectivity index (χ0n) is 12.1. The van der Waals surface area contributed by atoms with Gasteiger partial charge in [-0.05, 0) is 26.0 Å². The molecule has 0 aliphatic heterocycles. The van der Waals surface area contributed by atoms with Gasteiger partial charge in [0.05, 0.1) is 18.7 Å². The summed E-state index contributed by atoms with van der Waals surface area (Å²) in [5.41, 5.74) is 5.72. The molecule has 0 atom stereocenters. The molecule has 0 amide bonds. The number of nitrogens with two attached hydrogens (primary N) is 1. The largest absolute Gasteiger partial charge is 0.497 e. The first-order valence-electron chi connectivity index (χ1n) is 6.50. The molecule has 2 aromatic rings. The van der Waals surface area contributed by atoms with E-state index in [1.165, 1.54) is 0 Å². The maximum absolute atomic E-state index is 6.05. The zero-order chi connectivity index (χ0) is 14.6. The zero-order valence-corrected chi connectivity index (χ0v) is 12.9. The number of benzene rings is 1. The van der Waals surface area contributed by atoms with E-state index in [0.717, 1.165) is 27.8 Å². The van der Waals surface area contributed by atoms with Crippen LogP contribution in [0.15, 0.2) is 30.5 Å². The Hall–Kier alpha value is -1.59. The molecule has 0 bridgehead atoms. The summed E-state index contributed by atoms with van der Waals surface area (Å²) in [6, 6.07) is 7.59. The van der Waals surface area contributed by atoms with Crippen LogP contribution in [0.1, 0.15) is 23.7 Å². The van der Waals surface area contributed by atoms with Crippen LogP contribution in [0.3, 0.4) is 0 Å². The van der Waals surface area contributed by atoms with E-state index in [1.54, 1.807) is 18.4 Å². The summed E-state index contributed by atoms with van der Waals surface area (Å²) in [6.45, 7) is 4.55. The SMILES string of the molecule is COc1cccc(OCCc2ncc(C(C)(C)N)s2)c1. The molecular weight excluding hydrogens is 272 g/mol. The molecule has 108 valence electrons. The maximum atomic E-state index is 6.05. The van der Waals surface area contributed by atoms with Crippen molar-refractivity contribution in [3.8, 4) is 11.5 Å². The molecule has 0 saturated carbocycles. The summed E-state index contributed by atoms with van der Waals surface area (Å²) in [5, 5.41) is 1.04. The molecule has 0 fully saturated rings. The van der Waals surface area contributed by atoms with Crippen molar-refractivity contribution in [3.05, 3.63) is 40.3 Å². The maximum Gasteiger partial charge on any atom is 0.123 e. The van der Waals surface area contributed by atoms with E-state index >= 15 is 0 Å². The Labute approximate surface area is 123 Å². The summed E-state index contributed by atoms with van der Waals surface area (Å²) in [5.74, 6) is 1.60. The number of hydrogen-bond donors (Lipinski definition) is 1. The first kappa shape index (κ1) is 14.8. The van der Waals surface area contributed by atoms with Crippen molar-refractivity contribution in [2.45, 2.75) is 25.8 Å². The normalized spacial score (nSPS) is 11.4. The van der Waals surface area contributed by atoms with E-state index in [9.17, 15) is 0 Å². The van der Waals surface area contributed by atoms with Crippen LogP contribution in [0.25, 0.3) is 0 Å². The third-order valence-electron chi connectivity index (χ3n) is 2.81. The van der Waals surface area contributed by atoms with Gasteiger partial charge in [-0.25, -0.2) is 4.98 Å². The van der Waals surface area contributed by atoms with Crippen molar-refractivity contribution >= 4 is 11.3 Å². The smallest absolute Gasteiger partial charge is 0.123 e. The molecule has 0 radical (unpaired) electrons. The predicted octanol–water partition coefficient (Wildman–Crippen LogP) is 2.97. The Morgan fingerprint density at radius 2 is 2.05 bits per heavy atom. The minimum Gasteiger partial charge on any atom is -0.497 e. The van der Waals surface area contributed by atoms with Gasteiger partial charge in [0.1, 0.15) is 11.5 Å². The van der Waals surface area contributed by atoms with Gasteiger partial charge < -0.3 is 15.2 Å². The number of thiazole rings is 1. The third-order valence-corrected chi connectivity index (χ3v) is 4.21. The van der Waals surface area contributed by atoms with Gasteiger partial charge in [-0.1, -0.05) is 6.07 Å². The summed E-state index contributed by atoms with van der Waals surface area (Å²) in [6.07, 6.45) is 2.63. The molecule has 5 heteroatoms. The van der Waals surface area contributed by atoms with Crippen LogP contribution in [0.5, 0.6) is 11.5 Å². The summed E-state index contributed by atoms with van der Waals surface area (Å²) < 4.78 is 10.9. The van der Waals surface area contributed by atoms with E-state index in [-0.39, 0.29) is 5.54 Å². The fourth-order valence-electron chi connectivity index (χ4n) is 1.67. The van der Waals surface area contributed by atoms with Gasteiger partial charge in [0.15, 0.2) is 0 Å². The van der Waals surface area contributed by atoms with E-state index in [1.807, 2.05) is 44.3 Å². The lowest BCUT2D eigenvalue weighted by Crippen LogP contribution is -2.27. The van der Waals surface area contributed by atoms with Gasteiger partial charge in [0.2, 0.25) is 0 Å². The Kier molecular flexibility index (Phi) is 4.62. The van der Waals surface area contributed by atoms with Crippen LogP contribution in [-0.2, 0) is 12.0 Å². The third kappa shape index (κ3) is 3.95. The Morgan fingerprint density at radius 3 is 2.70 bits per heavy atom. The minimum atomic E-state index is -0.330. The second-order valence-electron chi connectivity index (χ2n) is 5.12. The van der Waals surface area contributed by atoms with Crippen molar-refractivity contribution in [2.75, 3.05) is 13.7 Å². The van der Waals surface area contributed by atoms with Crippen molar-refractivity contribution in [2.24, 2.45) is 5.73 Å². The lowest BCUT2D eigenvalue weighted by Gasteiger charge is -2.14. The molecule has 2 N–H and O–H groups in total. The lowest BCUT2D eigenvalue weighted by molar-refractivity contribution is 0.319. The average molecular weight is 292 g/mol. The summed E-state index contributed by atoms with van der Waals surface area (Å²) in [7, 11) is 1.64. The van der Waals surface area contributed by atoms with Crippen molar-refractivity contribution in [1.29, 1.82) is 0 Å². The first-order valence-corrected chi connectivity index (χ1v) is 7.31. The second-order valence-corrected chi connectivity index (χ2v) is 6.23. The summed E-state index contributed by atoms with van der Waals surface area (Å²) in [4.78, 5) is 5.47. The molecule has 0 saturated heterocycles. The van der Waals surface area contributed by atoms with Gasteiger partial charge in [0.25, 0.3) is 0 Å². The first-order chi connectivity index (χ1) is 9.49. The van der Waals surface area contributed by atoms with Crippen LogP contribution in [0.4, 0.5) is 0 Å². The highest BCUT2D eigenvalue weighted by atomic mass is 32.1. The number of aromatic nitrogens is 1. The molecule has 1 aromatic heterocycles. The monoisotopic (exact) mass is 292 g/mol. The summed E-state index contributed by atoms with van der Waals surface area (Å²) >= 11 is 1.64. The second kappa shape index (κ2) is 6.24. The molecule has 0 aliphatic carbocycles. The Bertz CT molecular complexity index is 561. The van der Waals surface area contributed by atoms with Gasteiger partial charge in [-0.15, -0.1) is 11.3 Å². The van der Waals surface area contributed by atoms with Crippen molar-refractivity contribution in [3.63, 3.8) is 0 Å². The molecule has 2 rings (SSSR count).